The molecule has 4 nitrogen and oxygen atoms in total. The largest absolute Gasteiger partial charge is 0.381 e. The number of hydrogen-bond donors (Lipinski definition) is 2. The SMILES string of the molecule is C=C/C(C(=C)NC(=C)[C@@H]1CNCC1C)=C(/C)N(C)C1CCOCC1. The van der Waals surface area contributed by atoms with Crippen molar-refractivity contribution in [1.82, 2.24) is 15.5 Å². The lowest BCUT2D eigenvalue weighted by atomic mass is 9.95. The highest BCUT2D eigenvalue weighted by molar-refractivity contribution is 5.41. The third-order valence-electron chi connectivity index (χ3n) is 5.46. The molecule has 0 spiro atoms. The van der Waals surface area contributed by atoms with Crippen LogP contribution in [0.1, 0.15) is 26.7 Å². The lowest BCUT2D eigenvalue weighted by Crippen LogP contribution is -2.36. The summed E-state index contributed by atoms with van der Waals surface area (Å²) >= 11 is 0. The molecular formula is C20H33N3O. The Bertz CT molecular complexity index is 517. The minimum Gasteiger partial charge on any atom is -0.381 e. The minimum atomic E-state index is 0.446. The molecule has 4 heteroatoms. The third-order valence-corrected chi connectivity index (χ3v) is 5.46. The Labute approximate surface area is 147 Å². The summed E-state index contributed by atoms with van der Waals surface area (Å²) in [6.45, 7) is 20.6. The third kappa shape index (κ3) is 4.31. The highest BCUT2D eigenvalue weighted by Gasteiger charge is 2.26. The number of ether oxygens (including phenoxy) is 1. The summed E-state index contributed by atoms with van der Waals surface area (Å²) in [7, 11) is 2.15. The van der Waals surface area contributed by atoms with Crippen LogP contribution in [0, 0.1) is 11.8 Å². The van der Waals surface area contributed by atoms with E-state index in [2.05, 4.69) is 56.2 Å². The van der Waals surface area contributed by atoms with Crippen molar-refractivity contribution in [2.45, 2.75) is 32.7 Å². The maximum absolute atomic E-state index is 5.47. The molecule has 1 unspecified atom stereocenters. The molecule has 0 amide bonds. The van der Waals surface area contributed by atoms with Crippen molar-refractivity contribution < 1.29 is 4.74 Å². The summed E-state index contributed by atoms with van der Waals surface area (Å²) in [5.41, 5.74) is 4.17. The van der Waals surface area contributed by atoms with E-state index in [1.807, 2.05) is 6.08 Å². The van der Waals surface area contributed by atoms with Gasteiger partial charge in [0, 0.05) is 61.4 Å². The summed E-state index contributed by atoms with van der Waals surface area (Å²) < 4.78 is 5.47. The van der Waals surface area contributed by atoms with Crippen LogP contribution in [0.2, 0.25) is 0 Å². The maximum Gasteiger partial charge on any atom is 0.0485 e. The molecule has 0 bridgehead atoms. The van der Waals surface area contributed by atoms with Crippen LogP contribution in [-0.4, -0.2) is 44.3 Å². The number of nitrogens with zero attached hydrogens (tertiary/aromatic N) is 1. The summed E-state index contributed by atoms with van der Waals surface area (Å²) in [4.78, 5) is 2.34. The average molecular weight is 332 g/mol. The van der Waals surface area contributed by atoms with Crippen molar-refractivity contribution >= 4 is 0 Å². The Morgan fingerprint density at radius 3 is 2.46 bits per heavy atom. The maximum atomic E-state index is 5.47. The molecule has 0 aromatic carbocycles. The van der Waals surface area contributed by atoms with Gasteiger partial charge in [-0.25, -0.2) is 0 Å². The van der Waals surface area contributed by atoms with E-state index >= 15 is 0 Å². The van der Waals surface area contributed by atoms with Crippen molar-refractivity contribution in [3.8, 4) is 0 Å². The van der Waals surface area contributed by atoms with Crippen LogP contribution in [0.4, 0.5) is 0 Å². The molecule has 0 aromatic heterocycles. The molecule has 2 saturated heterocycles. The van der Waals surface area contributed by atoms with Crippen molar-refractivity contribution in [1.29, 1.82) is 0 Å². The van der Waals surface area contributed by atoms with Gasteiger partial charge in [-0.2, -0.15) is 0 Å². The zero-order valence-electron chi connectivity index (χ0n) is 15.5. The second-order valence-electron chi connectivity index (χ2n) is 7.03. The molecule has 2 fully saturated rings. The lowest BCUT2D eigenvalue weighted by molar-refractivity contribution is 0.0525. The Morgan fingerprint density at radius 2 is 1.92 bits per heavy atom. The van der Waals surface area contributed by atoms with Gasteiger partial charge < -0.3 is 20.3 Å². The first-order valence-corrected chi connectivity index (χ1v) is 8.95. The van der Waals surface area contributed by atoms with E-state index in [1.54, 1.807) is 0 Å². The molecule has 2 aliphatic rings. The van der Waals surface area contributed by atoms with Crippen LogP contribution >= 0.6 is 0 Å². The monoisotopic (exact) mass is 331 g/mol. The lowest BCUT2D eigenvalue weighted by Gasteiger charge is -2.35. The van der Waals surface area contributed by atoms with Gasteiger partial charge in [-0.05, 0) is 32.2 Å². The fraction of sp³-hybridized carbons (Fsp3) is 0.600. The summed E-state index contributed by atoms with van der Waals surface area (Å²) in [5.74, 6) is 1.04. The summed E-state index contributed by atoms with van der Waals surface area (Å²) in [6, 6.07) is 0.517. The van der Waals surface area contributed by atoms with Gasteiger partial charge in [0.15, 0.2) is 0 Å². The van der Waals surface area contributed by atoms with Gasteiger partial charge in [0.1, 0.15) is 0 Å². The second kappa shape index (κ2) is 8.54. The van der Waals surface area contributed by atoms with Crippen molar-refractivity contribution in [3.63, 3.8) is 0 Å². The Hall–Kier alpha value is -1.52. The molecule has 2 atom stereocenters. The van der Waals surface area contributed by atoms with Gasteiger partial charge in [-0.15, -0.1) is 0 Å². The fourth-order valence-corrected chi connectivity index (χ4v) is 3.66. The quantitative estimate of drug-likeness (QED) is 0.703. The highest BCUT2D eigenvalue weighted by Crippen LogP contribution is 2.25. The van der Waals surface area contributed by atoms with E-state index in [4.69, 9.17) is 4.74 Å². The van der Waals surface area contributed by atoms with Crippen LogP contribution in [-0.2, 0) is 4.74 Å². The van der Waals surface area contributed by atoms with E-state index in [0.29, 0.717) is 17.9 Å². The van der Waals surface area contributed by atoms with E-state index in [1.165, 1.54) is 5.70 Å². The molecule has 134 valence electrons. The van der Waals surface area contributed by atoms with Gasteiger partial charge in [0.25, 0.3) is 0 Å². The Balaban J connectivity index is 2.05. The first-order valence-electron chi connectivity index (χ1n) is 8.95. The van der Waals surface area contributed by atoms with Gasteiger partial charge in [-0.3, -0.25) is 0 Å². The smallest absolute Gasteiger partial charge is 0.0485 e. The van der Waals surface area contributed by atoms with E-state index in [9.17, 15) is 0 Å². The summed E-state index contributed by atoms with van der Waals surface area (Å²) in [5, 5.41) is 6.85. The van der Waals surface area contributed by atoms with E-state index < -0.39 is 0 Å². The zero-order valence-corrected chi connectivity index (χ0v) is 15.5. The Kier molecular flexibility index (Phi) is 6.69. The number of hydrogen-bond acceptors (Lipinski definition) is 4. The van der Waals surface area contributed by atoms with Crippen molar-refractivity contribution in [2.24, 2.45) is 11.8 Å². The van der Waals surface area contributed by atoms with Crippen LogP contribution in [0.25, 0.3) is 0 Å². The normalized spacial score (nSPS) is 25.8. The summed E-state index contributed by atoms with van der Waals surface area (Å²) in [6.07, 6.45) is 4.02. The first-order chi connectivity index (χ1) is 11.5. The van der Waals surface area contributed by atoms with Crippen molar-refractivity contribution in [3.05, 3.63) is 48.5 Å². The van der Waals surface area contributed by atoms with E-state index in [-0.39, 0.29) is 0 Å². The first kappa shape index (κ1) is 18.8. The van der Waals surface area contributed by atoms with E-state index in [0.717, 1.165) is 56.1 Å². The average Bonchev–Trinajstić information content (AvgIpc) is 3.01. The molecule has 0 aromatic rings. The molecule has 0 radical (unpaired) electrons. The van der Waals surface area contributed by atoms with Crippen LogP contribution < -0.4 is 10.6 Å². The topological polar surface area (TPSA) is 36.5 Å². The van der Waals surface area contributed by atoms with Crippen LogP contribution in [0.5, 0.6) is 0 Å². The predicted octanol–water partition coefficient (Wildman–Crippen LogP) is 3.03. The number of rotatable bonds is 7. The molecule has 0 aliphatic carbocycles. The van der Waals surface area contributed by atoms with Gasteiger partial charge in [-0.1, -0.05) is 32.7 Å². The number of allylic oxidation sites excluding steroid dienone is 2. The number of nitrogens with one attached hydrogen (secondary N) is 2. The molecule has 2 rings (SSSR count). The van der Waals surface area contributed by atoms with Crippen LogP contribution in [0.3, 0.4) is 0 Å². The highest BCUT2D eigenvalue weighted by atomic mass is 16.5. The molecule has 2 aliphatic heterocycles. The molecular weight excluding hydrogens is 298 g/mol. The molecule has 24 heavy (non-hydrogen) atoms. The second-order valence-corrected chi connectivity index (χ2v) is 7.03. The van der Waals surface area contributed by atoms with Gasteiger partial charge >= 0.3 is 0 Å². The van der Waals surface area contributed by atoms with Crippen LogP contribution in [0.15, 0.2) is 48.5 Å². The standard InChI is InChI=1S/C20H33N3O/c1-7-19(17(5)23(6)18-8-10-24-11-9-18)15(3)22-16(4)20-13-21-12-14(20)2/h7,14,18,20-22H,1,3-4,8-13H2,2,5-6H3/b19-17+/t14?,20-/m1/s1. The Morgan fingerprint density at radius 1 is 1.25 bits per heavy atom. The predicted molar refractivity (Wildman–Crippen MR) is 101 cm³/mol. The minimum absolute atomic E-state index is 0.446. The molecule has 0 saturated carbocycles. The van der Waals surface area contributed by atoms with Gasteiger partial charge in [0.05, 0.1) is 0 Å². The zero-order chi connectivity index (χ0) is 17.7. The molecule has 2 heterocycles. The van der Waals surface area contributed by atoms with Crippen molar-refractivity contribution in [2.75, 3.05) is 33.4 Å². The van der Waals surface area contributed by atoms with Gasteiger partial charge in [0.2, 0.25) is 0 Å². The molecule has 2 N–H and O–H groups in total. The fourth-order valence-electron chi connectivity index (χ4n) is 3.66.